The van der Waals surface area contributed by atoms with Crippen molar-refractivity contribution in [3.05, 3.63) is 24.3 Å². The molecular formula is C11H17N. The van der Waals surface area contributed by atoms with Crippen LogP contribution in [0.25, 0.3) is 0 Å². The van der Waals surface area contributed by atoms with Crippen LogP contribution in [0.2, 0.25) is 0 Å². The van der Waals surface area contributed by atoms with Crippen molar-refractivity contribution in [1.82, 2.24) is 5.32 Å². The van der Waals surface area contributed by atoms with Crippen LogP contribution >= 0.6 is 0 Å². The van der Waals surface area contributed by atoms with Gasteiger partial charge in [0, 0.05) is 12.1 Å². The Hall–Kier alpha value is -0.560. The molecule has 0 spiro atoms. The third-order valence-corrected chi connectivity index (χ3v) is 2.78. The first-order valence-corrected chi connectivity index (χ1v) is 5.06. The molecule has 1 nitrogen and oxygen atoms in total. The predicted molar refractivity (Wildman–Crippen MR) is 52.1 cm³/mol. The van der Waals surface area contributed by atoms with E-state index in [4.69, 9.17) is 0 Å². The highest BCUT2D eigenvalue weighted by Crippen LogP contribution is 2.18. The first-order chi connectivity index (χ1) is 5.95. The van der Waals surface area contributed by atoms with E-state index < -0.39 is 0 Å². The Kier molecular flexibility index (Phi) is 2.62. The maximum absolute atomic E-state index is 3.64. The molecule has 2 aliphatic carbocycles. The number of hydrogen-bond donors (Lipinski definition) is 1. The van der Waals surface area contributed by atoms with Crippen molar-refractivity contribution in [2.24, 2.45) is 0 Å². The van der Waals surface area contributed by atoms with Crippen LogP contribution in [0.5, 0.6) is 0 Å². The third-order valence-electron chi connectivity index (χ3n) is 2.78. The molecule has 1 N–H and O–H groups in total. The van der Waals surface area contributed by atoms with Gasteiger partial charge in [-0.05, 0) is 12.8 Å². The van der Waals surface area contributed by atoms with Crippen molar-refractivity contribution >= 4 is 0 Å². The molecule has 2 aliphatic rings. The van der Waals surface area contributed by atoms with E-state index in [1.165, 1.54) is 32.1 Å². The van der Waals surface area contributed by atoms with Crippen LogP contribution in [0.15, 0.2) is 24.3 Å². The van der Waals surface area contributed by atoms with Crippen molar-refractivity contribution < 1.29 is 0 Å². The summed E-state index contributed by atoms with van der Waals surface area (Å²) < 4.78 is 0. The summed E-state index contributed by atoms with van der Waals surface area (Å²) in [6, 6.07) is 1.30. The third kappa shape index (κ3) is 1.98. The summed E-state index contributed by atoms with van der Waals surface area (Å²) in [4.78, 5) is 0. The lowest BCUT2D eigenvalue weighted by atomic mass is 9.95. The second kappa shape index (κ2) is 3.90. The second-order valence-electron chi connectivity index (χ2n) is 3.80. The van der Waals surface area contributed by atoms with E-state index in [1.807, 2.05) is 0 Å². The first kappa shape index (κ1) is 8.06. The molecule has 0 aromatic carbocycles. The number of nitrogens with one attached hydrogen (secondary N) is 1. The van der Waals surface area contributed by atoms with Crippen molar-refractivity contribution in [1.29, 1.82) is 0 Å². The number of hydrogen-bond acceptors (Lipinski definition) is 1. The summed E-state index contributed by atoms with van der Waals surface area (Å²) in [6.45, 7) is 0. The molecule has 1 heteroatoms. The molecule has 0 unspecified atom stereocenters. The van der Waals surface area contributed by atoms with Gasteiger partial charge in [0.25, 0.3) is 0 Å². The zero-order chi connectivity index (χ0) is 8.23. The van der Waals surface area contributed by atoms with Crippen molar-refractivity contribution in [2.45, 2.75) is 44.2 Å². The van der Waals surface area contributed by atoms with Gasteiger partial charge in [0.2, 0.25) is 0 Å². The highest BCUT2D eigenvalue weighted by Gasteiger charge is 2.15. The fourth-order valence-electron chi connectivity index (χ4n) is 2.08. The van der Waals surface area contributed by atoms with Gasteiger partial charge in [-0.2, -0.15) is 0 Å². The summed E-state index contributed by atoms with van der Waals surface area (Å²) in [5.74, 6) is 0. The number of allylic oxidation sites excluding steroid dienone is 2. The fourth-order valence-corrected chi connectivity index (χ4v) is 2.08. The van der Waals surface area contributed by atoms with E-state index in [0.717, 1.165) is 6.04 Å². The second-order valence-corrected chi connectivity index (χ2v) is 3.80. The Morgan fingerprint density at radius 1 is 0.917 bits per heavy atom. The van der Waals surface area contributed by atoms with Gasteiger partial charge in [0.1, 0.15) is 0 Å². The van der Waals surface area contributed by atoms with Crippen LogP contribution in [0.1, 0.15) is 32.1 Å². The van der Waals surface area contributed by atoms with Crippen molar-refractivity contribution in [2.75, 3.05) is 0 Å². The van der Waals surface area contributed by atoms with E-state index in [0.29, 0.717) is 6.04 Å². The van der Waals surface area contributed by atoms with Gasteiger partial charge < -0.3 is 5.32 Å². The smallest absolute Gasteiger partial charge is 0.0443 e. The minimum absolute atomic E-state index is 0.521. The summed E-state index contributed by atoms with van der Waals surface area (Å²) in [7, 11) is 0. The molecule has 0 saturated heterocycles. The van der Waals surface area contributed by atoms with Crippen LogP contribution in [-0.4, -0.2) is 12.1 Å². The van der Waals surface area contributed by atoms with Crippen LogP contribution < -0.4 is 5.32 Å². The van der Waals surface area contributed by atoms with Gasteiger partial charge in [-0.25, -0.2) is 0 Å². The molecule has 0 bridgehead atoms. The van der Waals surface area contributed by atoms with Gasteiger partial charge in [-0.15, -0.1) is 0 Å². The lowest BCUT2D eigenvalue weighted by Gasteiger charge is -2.24. The highest BCUT2D eigenvalue weighted by molar-refractivity contribution is 5.21. The molecule has 0 radical (unpaired) electrons. The maximum Gasteiger partial charge on any atom is 0.0443 e. The summed E-state index contributed by atoms with van der Waals surface area (Å²) in [6.07, 6.45) is 15.7. The zero-order valence-corrected chi connectivity index (χ0v) is 7.50. The quantitative estimate of drug-likeness (QED) is 0.659. The highest BCUT2D eigenvalue weighted by atomic mass is 14.9. The van der Waals surface area contributed by atoms with E-state index in [9.17, 15) is 0 Å². The minimum Gasteiger partial charge on any atom is -0.304 e. The van der Waals surface area contributed by atoms with Gasteiger partial charge in [-0.1, -0.05) is 43.6 Å². The van der Waals surface area contributed by atoms with Crippen LogP contribution in [0.3, 0.4) is 0 Å². The summed E-state index contributed by atoms with van der Waals surface area (Å²) in [5.41, 5.74) is 0. The zero-order valence-electron chi connectivity index (χ0n) is 7.50. The molecule has 0 aromatic rings. The van der Waals surface area contributed by atoms with E-state index >= 15 is 0 Å². The minimum atomic E-state index is 0.521. The molecule has 0 atom stereocenters. The largest absolute Gasteiger partial charge is 0.304 e. The Morgan fingerprint density at radius 3 is 2.25 bits per heavy atom. The van der Waals surface area contributed by atoms with Gasteiger partial charge >= 0.3 is 0 Å². The molecule has 66 valence electrons. The molecule has 1 saturated carbocycles. The Balaban J connectivity index is 1.77. The van der Waals surface area contributed by atoms with Gasteiger partial charge in [0.15, 0.2) is 0 Å². The average Bonchev–Trinajstić information content (AvgIpc) is 2.59. The predicted octanol–water partition coefficient (Wildman–Crippen LogP) is 2.40. The lowest BCUT2D eigenvalue weighted by Crippen LogP contribution is -2.36. The maximum atomic E-state index is 3.64. The molecule has 0 heterocycles. The summed E-state index contributed by atoms with van der Waals surface area (Å²) >= 11 is 0. The summed E-state index contributed by atoms with van der Waals surface area (Å²) in [5, 5.41) is 3.64. The Labute approximate surface area is 74.5 Å². The molecule has 0 aliphatic heterocycles. The molecule has 2 rings (SSSR count). The lowest BCUT2D eigenvalue weighted by molar-refractivity contribution is 0.370. The average molecular weight is 163 g/mol. The van der Waals surface area contributed by atoms with Gasteiger partial charge in [0.05, 0.1) is 0 Å². The first-order valence-electron chi connectivity index (χ1n) is 5.06. The topological polar surface area (TPSA) is 12.0 Å². The van der Waals surface area contributed by atoms with Crippen molar-refractivity contribution in [3.63, 3.8) is 0 Å². The van der Waals surface area contributed by atoms with E-state index in [2.05, 4.69) is 29.6 Å². The fraction of sp³-hybridized carbons (Fsp3) is 0.636. The van der Waals surface area contributed by atoms with E-state index in [1.54, 1.807) is 0 Å². The van der Waals surface area contributed by atoms with E-state index in [-0.39, 0.29) is 0 Å². The van der Waals surface area contributed by atoms with Gasteiger partial charge in [-0.3, -0.25) is 0 Å². The normalized spacial score (nSPS) is 25.3. The molecule has 0 amide bonds. The molecule has 0 aromatic heterocycles. The Bertz CT molecular complexity index is 175. The van der Waals surface area contributed by atoms with Crippen LogP contribution in [0.4, 0.5) is 0 Å². The SMILES string of the molecule is C1=CC(NC2CCCCC2)C=C1. The molecule has 1 fully saturated rings. The van der Waals surface area contributed by atoms with Crippen molar-refractivity contribution in [3.8, 4) is 0 Å². The number of rotatable bonds is 2. The molecular weight excluding hydrogens is 146 g/mol. The molecule has 12 heavy (non-hydrogen) atoms. The standard InChI is InChI=1S/C11H17N/c1-2-6-10(7-3-1)12-11-8-4-5-9-11/h4-5,8-12H,1-3,6-7H2. The van der Waals surface area contributed by atoms with Crippen LogP contribution in [-0.2, 0) is 0 Å². The monoisotopic (exact) mass is 163 g/mol. The van der Waals surface area contributed by atoms with Crippen LogP contribution in [0, 0.1) is 0 Å². The Morgan fingerprint density at radius 2 is 1.58 bits per heavy atom.